The molecule has 0 radical (unpaired) electrons. The van der Waals surface area contributed by atoms with Gasteiger partial charge >= 0.3 is 0 Å². The first-order chi connectivity index (χ1) is 13.2. The van der Waals surface area contributed by atoms with Gasteiger partial charge in [0.15, 0.2) is 0 Å². The Morgan fingerprint density at radius 3 is 2.68 bits per heavy atom. The summed E-state index contributed by atoms with van der Waals surface area (Å²) in [5.74, 6) is 1.43. The van der Waals surface area contributed by atoms with E-state index in [0.29, 0.717) is 18.6 Å². The Morgan fingerprint density at radius 2 is 2.04 bits per heavy atom. The lowest BCUT2D eigenvalue weighted by Gasteiger charge is -2.21. The number of nitrogens with zero attached hydrogens (tertiary/aromatic N) is 4. The normalized spacial score (nSPS) is 18.8. The lowest BCUT2D eigenvalue weighted by Crippen LogP contribution is -2.22. The Labute approximate surface area is 165 Å². The van der Waals surface area contributed by atoms with Crippen LogP contribution in [0.5, 0.6) is 5.75 Å². The lowest BCUT2D eigenvalue weighted by molar-refractivity contribution is -0.117. The number of imidazole rings is 1. The molecule has 6 heteroatoms. The summed E-state index contributed by atoms with van der Waals surface area (Å²) in [6.45, 7) is 8.45. The molecule has 0 N–H and O–H groups in total. The fourth-order valence-electron chi connectivity index (χ4n) is 3.89. The van der Waals surface area contributed by atoms with Gasteiger partial charge < -0.3 is 9.30 Å². The zero-order valence-corrected chi connectivity index (χ0v) is 17.3. The quantitative estimate of drug-likeness (QED) is 0.676. The van der Waals surface area contributed by atoms with Crippen molar-refractivity contribution in [3.8, 4) is 16.9 Å². The van der Waals surface area contributed by atoms with E-state index in [9.17, 15) is 4.79 Å². The summed E-state index contributed by atoms with van der Waals surface area (Å²) in [6, 6.07) is 4.15. The number of benzene rings is 1. The highest BCUT2D eigenvalue weighted by Crippen LogP contribution is 2.35. The molecule has 0 amide bonds. The largest absolute Gasteiger partial charge is 0.488 e. The maximum absolute atomic E-state index is 11.7. The number of rotatable bonds is 4. The zero-order valence-electron chi connectivity index (χ0n) is 17.3. The molecule has 1 aliphatic rings. The molecule has 0 unspecified atom stereocenters. The van der Waals surface area contributed by atoms with Crippen LogP contribution < -0.4 is 4.74 Å². The van der Waals surface area contributed by atoms with E-state index in [1.54, 1.807) is 0 Å². The van der Waals surface area contributed by atoms with Gasteiger partial charge in [-0.3, -0.25) is 9.48 Å². The number of carbonyl (C=O) groups excluding carboxylic acids is 1. The first-order valence-electron chi connectivity index (χ1n) is 9.91. The van der Waals surface area contributed by atoms with E-state index < -0.39 is 0 Å². The van der Waals surface area contributed by atoms with Gasteiger partial charge in [-0.25, -0.2) is 4.98 Å². The van der Waals surface area contributed by atoms with Crippen LogP contribution in [0, 0.1) is 5.92 Å². The molecule has 4 rings (SSSR count). The summed E-state index contributed by atoms with van der Waals surface area (Å²) in [6.07, 6.45) is 7.94. The molecule has 0 saturated heterocycles. The third kappa shape index (κ3) is 3.43. The first kappa shape index (κ1) is 18.7. The number of fused-ring (bicyclic) bond motifs is 1. The molecule has 2 heterocycles. The molecule has 0 bridgehead atoms. The summed E-state index contributed by atoms with van der Waals surface area (Å²) >= 11 is 0. The highest BCUT2D eigenvalue weighted by atomic mass is 16.5. The number of aromatic nitrogens is 4. The zero-order chi connectivity index (χ0) is 20.1. The van der Waals surface area contributed by atoms with Gasteiger partial charge in [0.25, 0.3) is 0 Å². The maximum Gasteiger partial charge on any atom is 0.146 e. The highest BCUT2D eigenvalue weighted by molar-refractivity contribution is 5.88. The minimum atomic E-state index is -0.0732. The molecule has 1 aliphatic carbocycles. The summed E-state index contributed by atoms with van der Waals surface area (Å²) in [5, 5.41) is 4.52. The van der Waals surface area contributed by atoms with Crippen LogP contribution in [-0.4, -0.2) is 31.2 Å². The third-order valence-electron chi connectivity index (χ3n) is 5.64. The first-order valence-corrected chi connectivity index (χ1v) is 9.91. The van der Waals surface area contributed by atoms with Crippen LogP contribution in [0.2, 0.25) is 0 Å². The molecule has 2 atom stereocenters. The molecule has 2 aromatic heterocycles. The fraction of sp³-hybridized carbons (Fsp3) is 0.500. The minimum Gasteiger partial charge on any atom is -0.488 e. The van der Waals surface area contributed by atoms with Gasteiger partial charge in [-0.2, -0.15) is 5.10 Å². The van der Waals surface area contributed by atoms with Crippen molar-refractivity contribution >= 4 is 16.8 Å². The van der Waals surface area contributed by atoms with Gasteiger partial charge in [0.2, 0.25) is 0 Å². The summed E-state index contributed by atoms with van der Waals surface area (Å²) in [5.41, 5.74) is 3.87. The topological polar surface area (TPSA) is 61.9 Å². The number of carbonyl (C=O) groups is 1. The van der Waals surface area contributed by atoms with E-state index in [1.165, 1.54) is 0 Å². The number of aryl methyl sites for hydroxylation is 1. The number of hydrogen-bond acceptors (Lipinski definition) is 4. The van der Waals surface area contributed by atoms with Gasteiger partial charge in [0, 0.05) is 37.6 Å². The number of ether oxygens (including phenoxy) is 1. The molecule has 148 valence electrons. The van der Waals surface area contributed by atoms with Crippen LogP contribution in [0.25, 0.3) is 22.2 Å². The van der Waals surface area contributed by atoms with Gasteiger partial charge in [0.1, 0.15) is 17.0 Å². The van der Waals surface area contributed by atoms with Crippen molar-refractivity contribution in [2.45, 2.75) is 58.6 Å². The lowest BCUT2D eigenvalue weighted by atomic mass is 10.0. The van der Waals surface area contributed by atoms with Crippen molar-refractivity contribution in [1.29, 1.82) is 0 Å². The van der Waals surface area contributed by atoms with E-state index in [0.717, 1.165) is 34.3 Å². The molecule has 1 saturated carbocycles. The van der Waals surface area contributed by atoms with Crippen LogP contribution in [0.4, 0.5) is 0 Å². The molecule has 0 spiro atoms. The Morgan fingerprint density at radius 1 is 1.25 bits per heavy atom. The summed E-state index contributed by atoms with van der Waals surface area (Å²) < 4.78 is 10.4. The molecule has 28 heavy (non-hydrogen) atoms. The van der Waals surface area contributed by atoms with Gasteiger partial charge in [-0.15, -0.1) is 0 Å². The molecule has 0 aliphatic heterocycles. The second kappa shape index (κ2) is 6.76. The minimum absolute atomic E-state index is 0.0166. The third-order valence-corrected chi connectivity index (χ3v) is 5.64. The van der Waals surface area contributed by atoms with Gasteiger partial charge in [0.05, 0.1) is 29.7 Å². The van der Waals surface area contributed by atoms with Crippen LogP contribution in [0.3, 0.4) is 0 Å². The van der Waals surface area contributed by atoms with Crippen LogP contribution in [0.15, 0.2) is 30.9 Å². The molecular formula is C22H28N4O2. The number of Topliss-reactive ketones (excluding diaryl/α,β-unsaturated/α-hetero) is 1. The average molecular weight is 380 g/mol. The standard InChI is InChI=1S/C22H28N4O2/c1-14(15-6-7-18(27)8-15)28-20-10-16(9-19-21(20)25(5)13-23-19)17-11-24-26(12-17)22(2,3)4/h9-15H,6-8H2,1-5H3/t14-,15+/m1/s1. The SMILES string of the molecule is C[C@@H](Oc1cc(-c2cnn(C(C)(C)C)c2)cc2ncn(C)c12)[C@H]1CCC(=O)C1. The van der Waals surface area contributed by atoms with Crippen LogP contribution >= 0.6 is 0 Å². The van der Waals surface area contributed by atoms with E-state index in [2.05, 4.69) is 56.1 Å². The van der Waals surface area contributed by atoms with Crippen molar-refractivity contribution in [3.63, 3.8) is 0 Å². The molecule has 1 aromatic carbocycles. The summed E-state index contributed by atoms with van der Waals surface area (Å²) in [7, 11) is 1.98. The predicted octanol–water partition coefficient (Wildman–Crippen LogP) is 4.33. The molecule has 1 fully saturated rings. The van der Waals surface area contributed by atoms with Crippen molar-refractivity contribution < 1.29 is 9.53 Å². The Bertz CT molecular complexity index is 1030. The highest BCUT2D eigenvalue weighted by Gasteiger charge is 2.29. The van der Waals surface area contributed by atoms with Gasteiger partial charge in [-0.05, 0) is 51.8 Å². The smallest absolute Gasteiger partial charge is 0.146 e. The van der Waals surface area contributed by atoms with Crippen LogP contribution in [-0.2, 0) is 17.4 Å². The van der Waals surface area contributed by atoms with Crippen molar-refractivity contribution in [2.24, 2.45) is 13.0 Å². The van der Waals surface area contributed by atoms with E-state index in [4.69, 9.17) is 4.74 Å². The summed E-state index contributed by atoms with van der Waals surface area (Å²) in [4.78, 5) is 16.2. The predicted molar refractivity (Wildman–Crippen MR) is 109 cm³/mol. The van der Waals surface area contributed by atoms with Crippen molar-refractivity contribution in [3.05, 3.63) is 30.9 Å². The average Bonchev–Trinajstić information content (AvgIpc) is 3.34. The van der Waals surface area contributed by atoms with Gasteiger partial charge in [-0.1, -0.05) is 0 Å². The van der Waals surface area contributed by atoms with Crippen molar-refractivity contribution in [1.82, 2.24) is 19.3 Å². The van der Waals surface area contributed by atoms with Crippen LogP contribution in [0.1, 0.15) is 47.0 Å². The molecule has 6 nitrogen and oxygen atoms in total. The molecular weight excluding hydrogens is 352 g/mol. The monoisotopic (exact) mass is 380 g/mol. The Kier molecular flexibility index (Phi) is 4.52. The molecule has 3 aromatic rings. The van der Waals surface area contributed by atoms with E-state index >= 15 is 0 Å². The van der Waals surface area contributed by atoms with E-state index in [1.807, 2.05) is 28.8 Å². The maximum atomic E-state index is 11.7. The number of hydrogen-bond donors (Lipinski definition) is 0. The second-order valence-corrected chi connectivity index (χ2v) is 8.91. The second-order valence-electron chi connectivity index (χ2n) is 8.91. The number of ketones is 1. The Hall–Kier alpha value is -2.63. The Balaban J connectivity index is 1.72. The van der Waals surface area contributed by atoms with Crippen molar-refractivity contribution in [2.75, 3.05) is 0 Å². The van der Waals surface area contributed by atoms with E-state index in [-0.39, 0.29) is 17.6 Å². The fourth-order valence-corrected chi connectivity index (χ4v) is 3.89.